The monoisotopic (exact) mass is 344 g/mol. The molecule has 0 aromatic heterocycles. The van der Waals surface area contributed by atoms with Crippen molar-refractivity contribution in [3.05, 3.63) is 65.5 Å². The number of carbonyl (C=O) groups excluding carboxylic acids is 3. The van der Waals surface area contributed by atoms with Crippen LogP contribution in [0.5, 0.6) is 0 Å². The highest BCUT2D eigenvalue weighted by Gasteiger charge is 2.06. The molecule has 4 amide bonds. The van der Waals surface area contributed by atoms with Crippen LogP contribution in [0, 0.1) is 5.82 Å². The fourth-order valence-corrected chi connectivity index (χ4v) is 1.93. The molecule has 0 aliphatic rings. The van der Waals surface area contributed by atoms with Crippen LogP contribution in [0.3, 0.4) is 0 Å². The maximum atomic E-state index is 12.8. The molecule has 25 heavy (non-hydrogen) atoms. The number of rotatable bonds is 6. The molecule has 7 nitrogen and oxygen atoms in total. The number of carbonyl (C=O) groups is 3. The minimum atomic E-state index is -0.558. The van der Waals surface area contributed by atoms with E-state index in [1.165, 1.54) is 36.4 Å². The standard InChI is InChI=1S/C17H17FN4O3/c18-13-5-1-11(2-6-13)9-20-17(25)21-10-15(23)22-14-7-3-12(4-8-14)16(19)24/h1-8H,9-10H2,(H2,19,24)(H,22,23)(H2,20,21,25). The molecular weight excluding hydrogens is 327 g/mol. The first kappa shape index (κ1) is 17.9. The van der Waals surface area contributed by atoms with E-state index in [0.29, 0.717) is 11.3 Å². The lowest BCUT2D eigenvalue weighted by atomic mass is 10.2. The lowest BCUT2D eigenvalue weighted by Gasteiger charge is -2.09. The molecule has 2 aromatic carbocycles. The summed E-state index contributed by atoms with van der Waals surface area (Å²) in [6.45, 7) is -0.0187. The molecule has 0 atom stereocenters. The molecule has 0 radical (unpaired) electrons. The van der Waals surface area contributed by atoms with Crippen molar-refractivity contribution in [2.75, 3.05) is 11.9 Å². The van der Waals surface area contributed by atoms with Crippen LogP contribution < -0.4 is 21.7 Å². The highest BCUT2D eigenvalue weighted by Crippen LogP contribution is 2.08. The van der Waals surface area contributed by atoms with E-state index >= 15 is 0 Å². The van der Waals surface area contributed by atoms with E-state index < -0.39 is 17.8 Å². The molecular formula is C17H17FN4O3. The van der Waals surface area contributed by atoms with Gasteiger partial charge in [0.05, 0.1) is 6.54 Å². The average molecular weight is 344 g/mol. The predicted molar refractivity (Wildman–Crippen MR) is 90.2 cm³/mol. The van der Waals surface area contributed by atoms with E-state index in [1.807, 2.05) is 0 Å². The van der Waals surface area contributed by atoms with E-state index in [9.17, 15) is 18.8 Å². The molecule has 2 rings (SSSR count). The minimum Gasteiger partial charge on any atom is -0.366 e. The zero-order chi connectivity index (χ0) is 18.2. The van der Waals surface area contributed by atoms with Gasteiger partial charge in [0, 0.05) is 17.8 Å². The second-order valence-electron chi connectivity index (χ2n) is 5.15. The molecule has 0 fully saturated rings. The molecule has 2 aromatic rings. The summed E-state index contributed by atoms with van der Waals surface area (Å²) in [5, 5.41) is 7.53. The summed E-state index contributed by atoms with van der Waals surface area (Å²) in [6.07, 6.45) is 0. The molecule has 0 spiro atoms. The Balaban J connectivity index is 1.72. The first-order valence-corrected chi connectivity index (χ1v) is 7.40. The quantitative estimate of drug-likeness (QED) is 0.634. The average Bonchev–Trinajstić information content (AvgIpc) is 2.60. The Hall–Kier alpha value is -3.42. The second-order valence-corrected chi connectivity index (χ2v) is 5.15. The first-order valence-electron chi connectivity index (χ1n) is 7.40. The van der Waals surface area contributed by atoms with Crippen LogP contribution in [0.2, 0.25) is 0 Å². The van der Waals surface area contributed by atoms with Gasteiger partial charge in [-0.1, -0.05) is 12.1 Å². The number of anilines is 1. The maximum Gasteiger partial charge on any atom is 0.315 e. The van der Waals surface area contributed by atoms with Gasteiger partial charge in [0.2, 0.25) is 11.8 Å². The number of amides is 4. The van der Waals surface area contributed by atoms with Crippen molar-refractivity contribution in [1.29, 1.82) is 0 Å². The zero-order valence-electron chi connectivity index (χ0n) is 13.2. The van der Waals surface area contributed by atoms with Crippen molar-refractivity contribution < 1.29 is 18.8 Å². The summed E-state index contributed by atoms with van der Waals surface area (Å²) in [4.78, 5) is 34.3. The molecule has 0 saturated heterocycles. The van der Waals surface area contributed by atoms with Gasteiger partial charge in [0.15, 0.2) is 0 Å². The van der Waals surface area contributed by atoms with Gasteiger partial charge in [-0.25, -0.2) is 9.18 Å². The third-order valence-electron chi connectivity index (χ3n) is 3.23. The van der Waals surface area contributed by atoms with E-state index in [4.69, 9.17) is 5.73 Å². The molecule has 0 aliphatic carbocycles. The van der Waals surface area contributed by atoms with Crippen molar-refractivity contribution in [2.45, 2.75) is 6.54 Å². The lowest BCUT2D eigenvalue weighted by Crippen LogP contribution is -2.39. The van der Waals surface area contributed by atoms with Crippen molar-refractivity contribution >= 4 is 23.5 Å². The van der Waals surface area contributed by atoms with Crippen LogP contribution in [0.15, 0.2) is 48.5 Å². The van der Waals surface area contributed by atoms with Crippen LogP contribution >= 0.6 is 0 Å². The van der Waals surface area contributed by atoms with Crippen LogP contribution in [0.1, 0.15) is 15.9 Å². The van der Waals surface area contributed by atoms with E-state index in [1.54, 1.807) is 12.1 Å². The minimum absolute atomic E-state index is 0.211. The normalized spacial score (nSPS) is 9.96. The first-order chi connectivity index (χ1) is 11.9. The summed E-state index contributed by atoms with van der Waals surface area (Å²) >= 11 is 0. The van der Waals surface area contributed by atoms with Gasteiger partial charge in [-0.05, 0) is 42.0 Å². The summed E-state index contributed by atoms with van der Waals surface area (Å²) in [5.41, 5.74) is 6.66. The number of urea groups is 1. The number of hydrogen-bond donors (Lipinski definition) is 4. The molecule has 0 heterocycles. The Labute approximate surface area is 143 Å². The Morgan fingerprint density at radius 3 is 2.16 bits per heavy atom. The van der Waals surface area contributed by atoms with Crippen LogP contribution in [0.4, 0.5) is 14.9 Å². The van der Waals surface area contributed by atoms with Gasteiger partial charge >= 0.3 is 6.03 Å². The molecule has 0 unspecified atom stereocenters. The Morgan fingerprint density at radius 1 is 0.920 bits per heavy atom. The Morgan fingerprint density at radius 2 is 1.56 bits per heavy atom. The zero-order valence-corrected chi connectivity index (χ0v) is 13.2. The maximum absolute atomic E-state index is 12.8. The van der Waals surface area contributed by atoms with Gasteiger partial charge < -0.3 is 21.7 Å². The number of hydrogen-bond acceptors (Lipinski definition) is 3. The number of benzene rings is 2. The molecule has 0 aliphatic heterocycles. The van der Waals surface area contributed by atoms with E-state index in [0.717, 1.165) is 5.56 Å². The second kappa shape index (κ2) is 8.44. The smallest absolute Gasteiger partial charge is 0.315 e. The largest absolute Gasteiger partial charge is 0.366 e. The van der Waals surface area contributed by atoms with Gasteiger partial charge in [-0.2, -0.15) is 0 Å². The SMILES string of the molecule is NC(=O)c1ccc(NC(=O)CNC(=O)NCc2ccc(F)cc2)cc1. The highest BCUT2D eigenvalue weighted by molar-refractivity contribution is 5.96. The summed E-state index contributed by atoms with van der Waals surface area (Å²) in [5.74, 6) is -1.34. The topological polar surface area (TPSA) is 113 Å². The predicted octanol–water partition coefficient (Wildman–Crippen LogP) is 1.36. The van der Waals surface area contributed by atoms with E-state index in [2.05, 4.69) is 16.0 Å². The van der Waals surface area contributed by atoms with Crippen molar-refractivity contribution in [3.63, 3.8) is 0 Å². The van der Waals surface area contributed by atoms with E-state index in [-0.39, 0.29) is 18.9 Å². The number of primary amides is 1. The summed E-state index contributed by atoms with van der Waals surface area (Å²) in [7, 11) is 0. The molecule has 0 bridgehead atoms. The Kier molecular flexibility index (Phi) is 6.05. The van der Waals surface area contributed by atoms with Gasteiger partial charge in [-0.15, -0.1) is 0 Å². The molecule has 5 N–H and O–H groups in total. The lowest BCUT2D eigenvalue weighted by molar-refractivity contribution is -0.115. The fourth-order valence-electron chi connectivity index (χ4n) is 1.93. The van der Waals surface area contributed by atoms with Gasteiger partial charge in [0.25, 0.3) is 0 Å². The van der Waals surface area contributed by atoms with Crippen LogP contribution in [-0.4, -0.2) is 24.4 Å². The van der Waals surface area contributed by atoms with Crippen molar-refractivity contribution in [1.82, 2.24) is 10.6 Å². The molecule has 0 saturated carbocycles. The number of halogens is 1. The van der Waals surface area contributed by atoms with Crippen molar-refractivity contribution in [2.24, 2.45) is 5.73 Å². The third-order valence-corrected chi connectivity index (χ3v) is 3.23. The third kappa shape index (κ3) is 5.94. The fraction of sp³-hybridized carbons (Fsp3) is 0.118. The number of nitrogens with two attached hydrogens (primary N) is 1. The number of nitrogens with one attached hydrogen (secondary N) is 3. The molecule has 130 valence electrons. The van der Waals surface area contributed by atoms with Gasteiger partial charge in [0.1, 0.15) is 5.82 Å². The molecule has 8 heteroatoms. The van der Waals surface area contributed by atoms with Crippen LogP contribution in [-0.2, 0) is 11.3 Å². The van der Waals surface area contributed by atoms with Crippen LogP contribution in [0.25, 0.3) is 0 Å². The van der Waals surface area contributed by atoms with Gasteiger partial charge in [-0.3, -0.25) is 9.59 Å². The summed E-state index contributed by atoms with van der Waals surface area (Å²) in [6, 6.07) is 11.2. The Bertz CT molecular complexity index is 760. The summed E-state index contributed by atoms with van der Waals surface area (Å²) < 4.78 is 12.8. The highest BCUT2D eigenvalue weighted by atomic mass is 19.1. The van der Waals surface area contributed by atoms with Crippen molar-refractivity contribution in [3.8, 4) is 0 Å².